The molecule has 0 saturated heterocycles. The van der Waals surface area contributed by atoms with Crippen LogP contribution in [-0.2, 0) is 9.59 Å². The van der Waals surface area contributed by atoms with Crippen LogP contribution in [0.1, 0.15) is 76.0 Å². The fourth-order valence-electron chi connectivity index (χ4n) is 3.25. The lowest BCUT2D eigenvalue weighted by Crippen LogP contribution is -2.26. The van der Waals surface area contributed by atoms with Gasteiger partial charge in [0.15, 0.2) is 0 Å². The minimum absolute atomic E-state index is 0.115. The van der Waals surface area contributed by atoms with Crippen molar-refractivity contribution in [2.45, 2.75) is 59.3 Å². The number of carbonyl (C=O) groups is 2. The number of hydrogen-bond donors (Lipinski definition) is 2. The predicted octanol–water partition coefficient (Wildman–Crippen LogP) is 4.46. The summed E-state index contributed by atoms with van der Waals surface area (Å²) in [6, 6.07) is 5.53. The molecule has 0 aromatic heterocycles. The molecular formula is C19H28O4. The summed E-state index contributed by atoms with van der Waals surface area (Å²) in [7, 11) is 0. The van der Waals surface area contributed by atoms with Crippen LogP contribution in [0.2, 0.25) is 0 Å². The van der Waals surface area contributed by atoms with E-state index in [2.05, 4.69) is 0 Å². The van der Waals surface area contributed by atoms with E-state index in [1.807, 2.05) is 53.7 Å². The molecular weight excluding hydrogens is 292 g/mol. The highest BCUT2D eigenvalue weighted by Gasteiger charge is 2.34. The highest BCUT2D eigenvalue weighted by atomic mass is 16.4. The van der Waals surface area contributed by atoms with Crippen molar-refractivity contribution in [2.75, 3.05) is 0 Å². The number of hydrogen-bond acceptors (Lipinski definition) is 2. The minimum atomic E-state index is -0.907. The van der Waals surface area contributed by atoms with E-state index in [0.29, 0.717) is 11.1 Å². The Morgan fingerprint density at radius 2 is 1.22 bits per heavy atom. The zero-order valence-corrected chi connectivity index (χ0v) is 14.8. The Kier molecular flexibility index (Phi) is 6.37. The first-order chi connectivity index (χ1) is 10.6. The first-order valence-electron chi connectivity index (χ1n) is 8.17. The molecule has 1 aromatic carbocycles. The Labute approximate surface area is 138 Å². The number of benzene rings is 1. The number of carboxylic acid groups (broad SMARTS) is 2. The summed E-state index contributed by atoms with van der Waals surface area (Å²) in [5.41, 5.74) is 2.25. The van der Waals surface area contributed by atoms with E-state index in [1.54, 1.807) is 6.07 Å². The molecule has 0 spiro atoms. The quantitative estimate of drug-likeness (QED) is 0.778. The molecule has 0 fully saturated rings. The first kappa shape index (κ1) is 19.2. The van der Waals surface area contributed by atoms with E-state index in [4.69, 9.17) is 0 Å². The second kappa shape index (κ2) is 7.62. The van der Waals surface area contributed by atoms with Gasteiger partial charge in [0.2, 0.25) is 0 Å². The summed E-state index contributed by atoms with van der Waals surface area (Å²) >= 11 is 0. The highest BCUT2D eigenvalue weighted by molar-refractivity contribution is 5.81. The third-order valence-corrected chi connectivity index (χ3v) is 4.31. The monoisotopic (exact) mass is 320 g/mol. The average molecular weight is 320 g/mol. The van der Waals surface area contributed by atoms with Crippen LogP contribution in [0.25, 0.3) is 0 Å². The van der Waals surface area contributed by atoms with Crippen LogP contribution in [0, 0.1) is 11.8 Å². The van der Waals surface area contributed by atoms with Crippen molar-refractivity contribution in [2.24, 2.45) is 11.8 Å². The van der Waals surface area contributed by atoms with E-state index in [-0.39, 0.29) is 17.8 Å². The molecule has 2 N–H and O–H groups in total. The maximum Gasteiger partial charge on any atom is 0.311 e. The van der Waals surface area contributed by atoms with Gasteiger partial charge in [-0.1, -0.05) is 59.7 Å². The van der Waals surface area contributed by atoms with Crippen LogP contribution in [0.3, 0.4) is 0 Å². The Morgan fingerprint density at radius 1 is 0.783 bits per heavy atom. The molecule has 0 amide bonds. The van der Waals surface area contributed by atoms with E-state index in [0.717, 1.165) is 5.56 Å². The molecule has 4 nitrogen and oxygen atoms in total. The molecule has 1 aromatic rings. The number of aliphatic carboxylic acids is 2. The summed E-state index contributed by atoms with van der Waals surface area (Å²) in [6.45, 7) is 11.5. The summed E-state index contributed by atoms with van der Waals surface area (Å²) in [5.74, 6) is -3.32. The molecule has 0 radical (unpaired) electrons. The van der Waals surface area contributed by atoms with Crippen molar-refractivity contribution >= 4 is 11.9 Å². The van der Waals surface area contributed by atoms with Gasteiger partial charge in [-0.25, -0.2) is 0 Å². The molecule has 2 unspecified atom stereocenters. The highest BCUT2D eigenvalue weighted by Crippen LogP contribution is 2.39. The third-order valence-electron chi connectivity index (χ3n) is 4.31. The van der Waals surface area contributed by atoms with Gasteiger partial charge in [0, 0.05) is 0 Å². The Morgan fingerprint density at radius 3 is 1.57 bits per heavy atom. The van der Waals surface area contributed by atoms with Crippen LogP contribution >= 0.6 is 0 Å². The van der Waals surface area contributed by atoms with Crippen LogP contribution in [0.4, 0.5) is 0 Å². The van der Waals surface area contributed by atoms with E-state index in [1.165, 1.54) is 0 Å². The van der Waals surface area contributed by atoms with Crippen molar-refractivity contribution in [3.63, 3.8) is 0 Å². The fourth-order valence-corrected chi connectivity index (χ4v) is 3.25. The van der Waals surface area contributed by atoms with Crippen molar-refractivity contribution in [1.29, 1.82) is 0 Å². The van der Waals surface area contributed by atoms with Crippen LogP contribution in [0.15, 0.2) is 18.2 Å². The Bertz CT molecular complexity index is 573. The standard InChI is InChI=1S/C19H28O4/c1-10(2)13-8-7-9-14(15(11(3)4)18(20)21)17(13)16(12(5)6)19(22)23/h7-12,15-16H,1-6H3,(H,20,21)(H,22,23). The summed E-state index contributed by atoms with van der Waals surface area (Å²) in [4.78, 5) is 23.7. The first-order valence-corrected chi connectivity index (χ1v) is 8.17. The second-order valence-electron chi connectivity index (χ2n) is 7.12. The molecule has 0 saturated carbocycles. The summed E-state index contributed by atoms with van der Waals surface area (Å²) in [6.07, 6.45) is 0. The second-order valence-corrected chi connectivity index (χ2v) is 7.12. The zero-order valence-electron chi connectivity index (χ0n) is 14.8. The average Bonchev–Trinajstić information content (AvgIpc) is 2.38. The van der Waals surface area contributed by atoms with E-state index in [9.17, 15) is 19.8 Å². The van der Waals surface area contributed by atoms with Crippen molar-refractivity contribution in [3.8, 4) is 0 Å². The van der Waals surface area contributed by atoms with Gasteiger partial charge in [0.05, 0.1) is 11.8 Å². The molecule has 0 bridgehead atoms. The van der Waals surface area contributed by atoms with Gasteiger partial charge < -0.3 is 10.2 Å². The minimum Gasteiger partial charge on any atom is -0.481 e. The van der Waals surface area contributed by atoms with Crippen LogP contribution in [-0.4, -0.2) is 22.2 Å². The maximum absolute atomic E-state index is 11.9. The lowest BCUT2D eigenvalue weighted by molar-refractivity contribution is -0.141. The topological polar surface area (TPSA) is 74.6 Å². The molecule has 1 rings (SSSR count). The van der Waals surface area contributed by atoms with Crippen molar-refractivity contribution in [3.05, 3.63) is 34.9 Å². The largest absolute Gasteiger partial charge is 0.481 e. The van der Waals surface area contributed by atoms with E-state index < -0.39 is 23.8 Å². The number of carboxylic acids is 2. The van der Waals surface area contributed by atoms with Crippen molar-refractivity contribution < 1.29 is 19.8 Å². The van der Waals surface area contributed by atoms with Gasteiger partial charge in [0.25, 0.3) is 0 Å². The van der Waals surface area contributed by atoms with E-state index >= 15 is 0 Å². The lowest BCUT2D eigenvalue weighted by atomic mass is 9.75. The molecule has 128 valence electrons. The summed E-state index contributed by atoms with van der Waals surface area (Å²) in [5, 5.41) is 19.4. The number of rotatable bonds is 7. The van der Waals surface area contributed by atoms with Gasteiger partial charge in [-0.2, -0.15) is 0 Å². The normalized spacial score (nSPS) is 14.3. The van der Waals surface area contributed by atoms with Gasteiger partial charge in [-0.3, -0.25) is 9.59 Å². The van der Waals surface area contributed by atoms with Gasteiger partial charge in [-0.05, 0) is 34.4 Å². The SMILES string of the molecule is CC(C)c1cccc(C(C(=O)O)C(C)C)c1C(C(=O)O)C(C)C. The Balaban J connectivity index is 3.74. The third kappa shape index (κ3) is 4.12. The van der Waals surface area contributed by atoms with Gasteiger partial charge >= 0.3 is 11.9 Å². The maximum atomic E-state index is 11.9. The molecule has 0 aliphatic rings. The predicted molar refractivity (Wildman–Crippen MR) is 91.0 cm³/mol. The van der Waals surface area contributed by atoms with Gasteiger partial charge in [0.1, 0.15) is 0 Å². The molecule has 4 heteroatoms. The van der Waals surface area contributed by atoms with Crippen molar-refractivity contribution in [1.82, 2.24) is 0 Å². The fraction of sp³-hybridized carbons (Fsp3) is 0.579. The Hall–Kier alpha value is -1.84. The molecule has 23 heavy (non-hydrogen) atoms. The van der Waals surface area contributed by atoms with Crippen LogP contribution < -0.4 is 0 Å². The molecule has 2 atom stereocenters. The lowest BCUT2D eigenvalue weighted by Gasteiger charge is -2.28. The van der Waals surface area contributed by atoms with Crippen LogP contribution in [0.5, 0.6) is 0 Å². The summed E-state index contributed by atoms with van der Waals surface area (Å²) < 4.78 is 0. The zero-order chi connectivity index (χ0) is 17.9. The molecule has 0 aliphatic heterocycles. The molecule has 0 heterocycles. The molecule has 0 aliphatic carbocycles. The van der Waals surface area contributed by atoms with Gasteiger partial charge in [-0.15, -0.1) is 0 Å². The smallest absolute Gasteiger partial charge is 0.311 e.